The van der Waals surface area contributed by atoms with Crippen LogP contribution in [0.1, 0.15) is 38.3 Å². The lowest BCUT2D eigenvalue weighted by Crippen LogP contribution is -2.38. The van der Waals surface area contributed by atoms with Crippen molar-refractivity contribution >= 4 is 17.3 Å². The first-order valence-corrected chi connectivity index (χ1v) is 9.71. The quantitative estimate of drug-likeness (QED) is 0.769. The van der Waals surface area contributed by atoms with Gasteiger partial charge in [0.25, 0.3) is 0 Å². The first kappa shape index (κ1) is 20.1. The van der Waals surface area contributed by atoms with E-state index in [0.29, 0.717) is 5.56 Å². The Morgan fingerprint density at radius 1 is 1.11 bits per heavy atom. The highest BCUT2D eigenvalue weighted by atomic mass is 19.2. The van der Waals surface area contributed by atoms with Crippen molar-refractivity contribution < 1.29 is 13.6 Å². The van der Waals surface area contributed by atoms with E-state index in [-0.39, 0.29) is 23.8 Å². The fourth-order valence-corrected chi connectivity index (χ4v) is 3.73. The third-order valence-electron chi connectivity index (χ3n) is 5.40. The molecule has 0 aliphatic carbocycles. The van der Waals surface area contributed by atoms with Gasteiger partial charge in [0.15, 0.2) is 11.6 Å². The lowest BCUT2D eigenvalue weighted by molar-refractivity contribution is -0.122. The van der Waals surface area contributed by atoms with Crippen molar-refractivity contribution in [3.63, 3.8) is 0 Å². The molecule has 0 aromatic heterocycles. The minimum absolute atomic E-state index is 0.0451. The molecule has 0 bridgehead atoms. The van der Waals surface area contributed by atoms with Gasteiger partial charge in [-0.05, 0) is 54.7 Å². The Bertz CT molecular complexity index is 832. The van der Waals surface area contributed by atoms with Crippen molar-refractivity contribution in [3.05, 3.63) is 59.7 Å². The van der Waals surface area contributed by atoms with Gasteiger partial charge in [0.05, 0.1) is 6.04 Å². The molecule has 2 aromatic carbocycles. The Kier molecular flexibility index (Phi) is 6.17. The summed E-state index contributed by atoms with van der Waals surface area (Å²) < 4.78 is 27.0. The van der Waals surface area contributed by atoms with Gasteiger partial charge in [-0.15, -0.1) is 0 Å². The van der Waals surface area contributed by atoms with Crippen LogP contribution in [0.15, 0.2) is 42.5 Å². The van der Waals surface area contributed by atoms with Crippen LogP contribution in [0, 0.1) is 23.5 Å². The van der Waals surface area contributed by atoms with E-state index in [1.54, 1.807) is 6.07 Å². The molecule has 4 nitrogen and oxygen atoms in total. The summed E-state index contributed by atoms with van der Waals surface area (Å²) in [6.07, 6.45) is 1.52. The van der Waals surface area contributed by atoms with Crippen molar-refractivity contribution in [1.82, 2.24) is 0 Å². The fourth-order valence-electron chi connectivity index (χ4n) is 3.73. The van der Waals surface area contributed by atoms with Gasteiger partial charge in [-0.3, -0.25) is 4.79 Å². The first-order valence-electron chi connectivity index (χ1n) is 9.71. The summed E-state index contributed by atoms with van der Waals surface area (Å²) in [5.41, 5.74) is 8.11. The topological polar surface area (TPSA) is 58.4 Å². The molecule has 1 heterocycles. The molecule has 0 saturated carbocycles. The Morgan fingerprint density at radius 2 is 1.82 bits per heavy atom. The number of nitrogens with zero attached hydrogens (tertiary/aromatic N) is 1. The Hall–Kier alpha value is -2.63. The van der Waals surface area contributed by atoms with Crippen LogP contribution in [0.5, 0.6) is 0 Å². The van der Waals surface area contributed by atoms with E-state index in [4.69, 9.17) is 5.73 Å². The summed E-state index contributed by atoms with van der Waals surface area (Å²) in [6.45, 7) is 5.65. The number of anilines is 2. The summed E-state index contributed by atoms with van der Waals surface area (Å²) in [5.74, 6) is -1.76. The SMILES string of the molecule is CC(C)C(Nc1cccc(N2CCC(C(N)=O)CC2)c1)c1ccc(F)c(F)c1. The maximum atomic E-state index is 13.7. The number of amides is 1. The minimum Gasteiger partial charge on any atom is -0.378 e. The number of nitrogens with two attached hydrogens (primary N) is 1. The lowest BCUT2D eigenvalue weighted by Gasteiger charge is -2.33. The molecule has 28 heavy (non-hydrogen) atoms. The zero-order chi connectivity index (χ0) is 20.3. The minimum atomic E-state index is -0.840. The average molecular weight is 387 g/mol. The van der Waals surface area contributed by atoms with Crippen LogP contribution in [0.25, 0.3) is 0 Å². The molecule has 0 spiro atoms. The van der Waals surface area contributed by atoms with E-state index in [1.165, 1.54) is 12.1 Å². The van der Waals surface area contributed by atoms with Crippen LogP contribution in [0.2, 0.25) is 0 Å². The van der Waals surface area contributed by atoms with Crippen molar-refractivity contribution in [2.24, 2.45) is 17.6 Å². The highest BCUT2D eigenvalue weighted by Crippen LogP contribution is 2.30. The number of hydrogen-bond donors (Lipinski definition) is 2. The molecule has 1 unspecified atom stereocenters. The van der Waals surface area contributed by atoms with Crippen molar-refractivity contribution in [2.45, 2.75) is 32.7 Å². The fraction of sp³-hybridized carbons (Fsp3) is 0.409. The van der Waals surface area contributed by atoms with Crippen LogP contribution in [0.4, 0.5) is 20.2 Å². The number of carbonyl (C=O) groups excluding carboxylic acids is 1. The van der Waals surface area contributed by atoms with Gasteiger partial charge in [0.2, 0.25) is 5.91 Å². The van der Waals surface area contributed by atoms with Crippen LogP contribution in [0.3, 0.4) is 0 Å². The second-order valence-electron chi connectivity index (χ2n) is 7.75. The van der Waals surface area contributed by atoms with Gasteiger partial charge < -0.3 is 16.0 Å². The molecule has 0 radical (unpaired) electrons. The molecule has 1 aliphatic rings. The monoisotopic (exact) mass is 387 g/mol. The average Bonchev–Trinajstić information content (AvgIpc) is 2.68. The van der Waals surface area contributed by atoms with Gasteiger partial charge in [-0.1, -0.05) is 26.0 Å². The number of piperidine rings is 1. The maximum absolute atomic E-state index is 13.7. The Balaban J connectivity index is 1.75. The zero-order valence-corrected chi connectivity index (χ0v) is 16.3. The van der Waals surface area contributed by atoms with Crippen LogP contribution >= 0.6 is 0 Å². The lowest BCUT2D eigenvalue weighted by atomic mass is 9.95. The molecule has 1 atom stereocenters. The third-order valence-corrected chi connectivity index (χ3v) is 5.40. The van der Waals surface area contributed by atoms with Gasteiger partial charge in [-0.2, -0.15) is 0 Å². The van der Waals surface area contributed by atoms with Gasteiger partial charge in [-0.25, -0.2) is 8.78 Å². The molecule has 1 fully saturated rings. The number of nitrogens with one attached hydrogen (secondary N) is 1. The highest BCUT2D eigenvalue weighted by molar-refractivity contribution is 5.77. The summed E-state index contributed by atoms with van der Waals surface area (Å²) in [6, 6.07) is 11.9. The molecule has 1 aliphatic heterocycles. The molecular formula is C22H27F2N3O. The molecule has 150 valence electrons. The molecular weight excluding hydrogens is 360 g/mol. The van der Waals surface area contributed by atoms with E-state index in [9.17, 15) is 13.6 Å². The van der Waals surface area contributed by atoms with E-state index < -0.39 is 11.6 Å². The number of halogens is 2. The predicted molar refractivity (Wildman–Crippen MR) is 108 cm³/mol. The smallest absolute Gasteiger partial charge is 0.220 e. The van der Waals surface area contributed by atoms with Gasteiger partial charge >= 0.3 is 0 Å². The van der Waals surface area contributed by atoms with Crippen LogP contribution in [-0.2, 0) is 4.79 Å². The van der Waals surface area contributed by atoms with E-state index in [2.05, 4.69) is 16.3 Å². The third kappa shape index (κ3) is 4.61. The number of rotatable bonds is 6. The van der Waals surface area contributed by atoms with E-state index in [1.807, 2.05) is 32.0 Å². The second kappa shape index (κ2) is 8.59. The summed E-state index contributed by atoms with van der Waals surface area (Å²) in [7, 11) is 0. The van der Waals surface area contributed by atoms with Crippen molar-refractivity contribution in [2.75, 3.05) is 23.3 Å². The molecule has 3 rings (SSSR count). The Morgan fingerprint density at radius 3 is 2.43 bits per heavy atom. The molecule has 6 heteroatoms. The van der Waals surface area contributed by atoms with Crippen molar-refractivity contribution in [1.29, 1.82) is 0 Å². The summed E-state index contributed by atoms with van der Waals surface area (Å²) in [5, 5.41) is 3.46. The molecule has 2 aromatic rings. The number of benzene rings is 2. The standard InChI is InChI=1S/C22H27F2N3O/c1-14(2)21(16-6-7-19(23)20(24)12-16)26-17-4-3-5-18(13-17)27-10-8-15(9-11-27)22(25)28/h3-7,12-15,21,26H,8-11H2,1-2H3,(H2,25,28). The predicted octanol–water partition coefficient (Wildman–Crippen LogP) is 4.48. The summed E-state index contributed by atoms with van der Waals surface area (Å²) in [4.78, 5) is 13.6. The normalized spacial score (nSPS) is 16.2. The number of hydrogen-bond acceptors (Lipinski definition) is 3. The Labute approximate surface area is 164 Å². The molecule has 1 saturated heterocycles. The van der Waals surface area contributed by atoms with E-state index >= 15 is 0 Å². The molecule has 1 amide bonds. The second-order valence-corrected chi connectivity index (χ2v) is 7.75. The zero-order valence-electron chi connectivity index (χ0n) is 16.3. The van der Waals surface area contributed by atoms with Crippen LogP contribution < -0.4 is 16.0 Å². The highest BCUT2D eigenvalue weighted by Gasteiger charge is 2.23. The first-order chi connectivity index (χ1) is 13.3. The number of primary amides is 1. The van der Waals surface area contributed by atoms with Crippen molar-refractivity contribution in [3.8, 4) is 0 Å². The van der Waals surface area contributed by atoms with Crippen LogP contribution in [-0.4, -0.2) is 19.0 Å². The maximum Gasteiger partial charge on any atom is 0.220 e. The summed E-state index contributed by atoms with van der Waals surface area (Å²) >= 11 is 0. The largest absolute Gasteiger partial charge is 0.378 e. The van der Waals surface area contributed by atoms with Gasteiger partial charge in [0, 0.05) is 30.4 Å². The molecule has 3 N–H and O–H groups in total. The van der Waals surface area contributed by atoms with E-state index in [0.717, 1.165) is 37.3 Å². The number of carbonyl (C=O) groups is 1. The van der Waals surface area contributed by atoms with Gasteiger partial charge in [0.1, 0.15) is 0 Å².